The lowest BCUT2D eigenvalue weighted by Crippen LogP contribution is -2.62. The Balaban J connectivity index is 1.98. The van der Waals surface area contributed by atoms with Gasteiger partial charge < -0.3 is 24.0 Å². The zero-order chi connectivity index (χ0) is 39.3. The predicted octanol–water partition coefficient (Wildman–Crippen LogP) is 6.81. The van der Waals surface area contributed by atoms with E-state index in [1.165, 1.54) is 36.4 Å². The smallest absolute Gasteiger partial charge is 0.410 e. The van der Waals surface area contributed by atoms with Crippen LogP contribution in [0.3, 0.4) is 0 Å². The van der Waals surface area contributed by atoms with Crippen LogP contribution < -0.4 is 15.2 Å². The van der Waals surface area contributed by atoms with Crippen molar-refractivity contribution in [2.45, 2.75) is 72.1 Å². The summed E-state index contributed by atoms with van der Waals surface area (Å²) in [6.45, 7) is 10.8. The third-order valence-corrected chi connectivity index (χ3v) is 8.98. The van der Waals surface area contributed by atoms with Crippen LogP contribution in [0, 0.1) is 34.5 Å². The van der Waals surface area contributed by atoms with E-state index in [2.05, 4.69) is 4.98 Å². The first-order chi connectivity index (χ1) is 24.8. The number of hydrogen-bond donors (Lipinski definition) is 0. The van der Waals surface area contributed by atoms with Crippen LogP contribution in [0.1, 0.15) is 58.7 Å². The van der Waals surface area contributed by atoms with Gasteiger partial charge in [-0.25, -0.2) is 22.8 Å². The fourth-order valence-electron chi connectivity index (χ4n) is 6.68. The third kappa shape index (κ3) is 6.84. The number of nitrogens with zero attached hydrogens (tertiary/aromatic N) is 5. The van der Waals surface area contributed by atoms with Gasteiger partial charge in [-0.05, 0) is 70.4 Å². The van der Waals surface area contributed by atoms with E-state index in [9.17, 15) is 24.5 Å². The average Bonchev–Trinajstić information content (AvgIpc) is 3.07. The Morgan fingerprint density at radius 3 is 2.30 bits per heavy atom. The van der Waals surface area contributed by atoms with Gasteiger partial charge in [0.25, 0.3) is 0 Å². The van der Waals surface area contributed by atoms with E-state index >= 15 is 13.2 Å². The van der Waals surface area contributed by atoms with Gasteiger partial charge in [0.1, 0.15) is 34.7 Å². The second-order valence-electron chi connectivity index (χ2n) is 14.0. The van der Waals surface area contributed by atoms with Crippen molar-refractivity contribution in [1.82, 2.24) is 14.5 Å². The molecule has 0 unspecified atom stereocenters. The summed E-state index contributed by atoms with van der Waals surface area (Å²) >= 11 is 0. The SMILES string of the molecule is COC(=O)[C@H]1CN(C(=O)OC(C)(C)C)[C@H](C)CN1c1c([N+](=O)[O-])c(=O)n(-c2c(C)ccnc2C(C)C)c2c(F)c(-c3c(F)cccc3OC)c(F)cc12. The number of pyridine rings is 2. The van der Waals surface area contributed by atoms with Gasteiger partial charge in [-0.3, -0.25) is 24.5 Å². The van der Waals surface area contributed by atoms with E-state index in [4.69, 9.17) is 14.2 Å². The molecule has 1 fully saturated rings. The third-order valence-electron chi connectivity index (χ3n) is 8.98. The molecule has 4 aromatic rings. The fraction of sp³-hybridized carbons (Fsp3) is 0.405. The van der Waals surface area contributed by atoms with Crippen molar-refractivity contribution in [3.63, 3.8) is 0 Å². The molecule has 13 nitrogen and oxygen atoms in total. The molecule has 53 heavy (non-hydrogen) atoms. The Bertz CT molecular complexity index is 2200. The maximum absolute atomic E-state index is 17.5. The molecule has 3 heterocycles. The Morgan fingerprint density at radius 2 is 1.72 bits per heavy atom. The number of ether oxygens (including phenoxy) is 3. The van der Waals surface area contributed by atoms with Gasteiger partial charge in [0, 0.05) is 24.2 Å². The van der Waals surface area contributed by atoms with Gasteiger partial charge in [0.15, 0.2) is 5.82 Å². The first-order valence-electron chi connectivity index (χ1n) is 16.7. The Hall–Kier alpha value is -5.67. The summed E-state index contributed by atoms with van der Waals surface area (Å²) in [5.74, 6) is -5.42. The molecular formula is C37H40F3N5O8. The number of esters is 1. The van der Waals surface area contributed by atoms with E-state index < -0.39 is 104 Å². The van der Waals surface area contributed by atoms with E-state index in [1.807, 2.05) is 0 Å². The number of hydrogen-bond acceptors (Lipinski definition) is 10. The number of halogens is 3. The highest BCUT2D eigenvalue weighted by Crippen LogP contribution is 2.45. The molecule has 1 aliphatic rings. The van der Waals surface area contributed by atoms with Crippen LogP contribution >= 0.6 is 0 Å². The molecule has 0 bridgehead atoms. The maximum Gasteiger partial charge on any atom is 0.410 e. The number of anilines is 1. The van der Waals surface area contributed by atoms with Crippen LogP contribution in [-0.4, -0.2) is 76.4 Å². The molecule has 0 radical (unpaired) electrons. The van der Waals surface area contributed by atoms with E-state index in [0.29, 0.717) is 5.56 Å². The van der Waals surface area contributed by atoms with Crippen molar-refractivity contribution in [2.24, 2.45) is 0 Å². The lowest BCUT2D eigenvalue weighted by molar-refractivity contribution is -0.385. The number of rotatable bonds is 7. The molecule has 16 heteroatoms. The summed E-state index contributed by atoms with van der Waals surface area (Å²) < 4.78 is 66.2. The fourth-order valence-corrected chi connectivity index (χ4v) is 6.68. The minimum absolute atomic E-state index is 0.00302. The standard InChI is InChI=1S/C37H40F3N5O8/c1-18(2)29-30(19(3)13-14-41-29)44-31-21(15-23(39)27(28(31)40)26-22(38)11-10-12-25(26)51-8)32(33(34(44)46)45(49)50)43-16-20(4)42(17-24(43)35(47)52-9)36(48)53-37(5,6)7/h10-15,18,20,24H,16-17H2,1-9H3/t20-,24-/m1/s1. The minimum atomic E-state index is -1.51. The van der Waals surface area contributed by atoms with Gasteiger partial charge in [0.2, 0.25) is 0 Å². The number of aromatic nitrogens is 2. The second-order valence-corrected chi connectivity index (χ2v) is 14.0. The lowest BCUT2D eigenvalue weighted by Gasteiger charge is -2.45. The molecule has 2 aromatic heterocycles. The Labute approximate surface area is 303 Å². The molecule has 5 rings (SSSR count). The molecule has 1 amide bonds. The summed E-state index contributed by atoms with van der Waals surface area (Å²) in [5.41, 5.74) is -5.49. The number of fused-ring (bicyclic) bond motifs is 1. The average molecular weight is 740 g/mol. The monoisotopic (exact) mass is 739 g/mol. The highest BCUT2D eigenvalue weighted by molar-refractivity contribution is 6.02. The maximum atomic E-state index is 17.5. The first-order valence-corrected chi connectivity index (χ1v) is 16.7. The highest BCUT2D eigenvalue weighted by Gasteiger charge is 2.45. The lowest BCUT2D eigenvalue weighted by atomic mass is 9.96. The van der Waals surface area contributed by atoms with Crippen LogP contribution in [0.25, 0.3) is 27.7 Å². The van der Waals surface area contributed by atoms with Crippen LogP contribution in [0.2, 0.25) is 0 Å². The quantitative estimate of drug-likeness (QED) is 0.113. The summed E-state index contributed by atoms with van der Waals surface area (Å²) in [6.07, 6.45) is 0.671. The molecule has 282 valence electrons. The van der Waals surface area contributed by atoms with Crippen LogP contribution in [0.5, 0.6) is 5.75 Å². The van der Waals surface area contributed by atoms with E-state index in [1.54, 1.807) is 48.5 Å². The van der Waals surface area contributed by atoms with Crippen molar-refractivity contribution in [1.29, 1.82) is 0 Å². The zero-order valence-electron chi connectivity index (χ0n) is 30.7. The molecular weight excluding hydrogens is 699 g/mol. The molecule has 2 atom stereocenters. The Kier molecular flexibility index (Phi) is 10.5. The van der Waals surface area contributed by atoms with E-state index in [0.717, 1.165) is 28.7 Å². The number of nitro groups is 1. The number of piperazine rings is 1. The van der Waals surface area contributed by atoms with Gasteiger partial charge in [-0.1, -0.05) is 19.9 Å². The topological polar surface area (TPSA) is 146 Å². The largest absolute Gasteiger partial charge is 0.496 e. The molecule has 0 N–H and O–H groups in total. The van der Waals surface area contributed by atoms with E-state index in [-0.39, 0.29) is 23.7 Å². The summed E-state index contributed by atoms with van der Waals surface area (Å²) in [4.78, 5) is 60.3. The van der Waals surface area contributed by atoms with Crippen molar-refractivity contribution >= 4 is 34.3 Å². The first kappa shape index (κ1) is 38.6. The van der Waals surface area contributed by atoms with Crippen molar-refractivity contribution < 1.29 is 41.9 Å². The summed E-state index contributed by atoms with van der Waals surface area (Å²) in [6, 6.07) is 3.51. The van der Waals surface area contributed by atoms with Gasteiger partial charge in [-0.15, -0.1) is 0 Å². The van der Waals surface area contributed by atoms with Gasteiger partial charge in [0.05, 0.1) is 53.7 Å². The van der Waals surface area contributed by atoms with Crippen molar-refractivity contribution in [3.8, 4) is 22.6 Å². The highest BCUT2D eigenvalue weighted by atomic mass is 19.1. The number of aryl methyl sites for hydroxylation is 1. The minimum Gasteiger partial charge on any atom is -0.496 e. The molecule has 1 aliphatic heterocycles. The second kappa shape index (κ2) is 14.4. The molecule has 0 aliphatic carbocycles. The zero-order valence-corrected chi connectivity index (χ0v) is 30.7. The normalized spacial score (nSPS) is 16.2. The van der Waals surface area contributed by atoms with Crippen LogP contribution in [0.4, 0.5) is 29.3 Å². The van der Waals surface area contributed by atoms with Gasteiger partial charge >= 0.3 is 23.3 Å². The summed E-state index contributed by atoms with van der Waals surface area (Å²) in [7, 11) is 2.25. The molecule has 0 spiro atoms. The molecule has 1 saturated heterocycles. The molecule has 0 saturated carbocycles. The van der Waals surface area contributed by atoms with Crippen LogP contribution in [-0.2, 0) is 14.3 Å². The van der Waals surface area contributed by atoms with Gasteiger partial charge in [-0.2, -0.15) is 0 Å². The van der Waals surface area contributed by atoms with Crippen LogP contribution in [0.15, 0.2) is 41.3 Å². The number of benzene rings is 2. The number of methoxy groups -OCH3 is 2. The van der Waals surface area contributed by atoms with Crippen molar-refractivity contribution in [3.05, 3.63) is 85.7 Å². The number of carbonyl (C=O) groups is 2. The predicted molar refractivity (Wildman–Crippen MR) is 190 cm³/mol. The summed E-state index contributed by atoms with van der Waals surface area (Å²) in [5, 5.41) is 12.6. The molecule has 2 aromatic carbocycles. The number of amides is 1. The Morgan fingerprint density at radius 1 is 1.04 bits per heavy atom. The van der Waals surface area contributed by atoms with Crippen molar-refractivity contribution in [2.75, 3.05) is 32.2 Å². The number of carbonyl (C=O) groups excluding carboxylic acids is 2.